The minimum absolute atomic E-state index is 0.420. The number of para-hydroxylation sites is 1. The zero-order valence-electron chi connectivity index (χ0n) is 17.4. The lowest BCUT2D eigenvalue weighted by Crippen LogP contribution is -2.52. The van der Waals surface area contributed by atoms with Crippen LogP contribution < -0.4 is 5.32 Å². The number of anilines is 1. The summed E-state index contributed by atoms with van der Waals surface area (Å²) in [6.07, 6.45) is 0. The van der Waals surface area contributed by atoms with Crippen molar-refractivity contribution < 1.29 is 18.1 Å². The van der Waals surface area contributed by atoms with Crippen LogP contribution in [0.5, 0.6) is 0 Å². The van der Waals surface area contributed by atoms with Crippen LogP contribution >= 0.6 is 11.6 Å². The Morgan fingerprint density at radius 3 is 2.44 bits per heavy atom. The summed E-state index contributed by atoms with van der Waals surface area (Å²) in [6, 6.07) is 10.1. The molecule has 1 aliphatic rings. The maximum absolute atomic E-state index is 13.8. The molecule has 32 heavy (non-hydrogen) atoms. The van der Waals surface area contributed by atoms with E-state index in [4.69, 9.17) is 16.1 Å². The summed E-state index contributed by atoms with van der Waals surface area (Å²) in [4.78, 5) is 21.1. The van der Waals surface area contributed by atoms with Crippen LogP contribution in [0.25, 0.3) is 11.4 Å². The summed E-state index contributed by atoms with van der Waals surface area (Å²) in [7, 11) is 0. The van der Waals surface area contributed by atoms with Crippen molar-refractivity contribution in [2.75, 3.05) is 31.5 Å². The second kappa shape index (κ2) is 9.72. The Hall–Kier alpha value is -2.88. The number of carbonyl (C=O) groups is 1. The van der Waals surface area contributed by atoms with Crippen molar-refractivity contribution in [2.24, 2.45) is 0 Å². The van der Waals surface area contributed by atoms with Gasteiger partial charge in [-0.1, -0.05) is 22.8 Å². The maximum Gasteiger partial charge on any atom is 0.241 e. The van der Waals surface area contributed by atoms with Crippen LogP contribution in [0.15, 0.2) is 47.0 Å². The average molecular weight is 462 g/mol. The van der Waals surface area contributed by atoms with E-state index in [0.29, 0.717) is 49.5 Å². The molecule has 1 N–H and O–H groups in total. The van der Waals surface area contributed by atoms with Crippen molar-refractivity contribution in [3.63, 3.8) is 0 Å². The smallest absolute Gasteiger partial charge is 0.241 e. The Bertz CT molecular complexity index is 1060. The van der Waals surface area contributed by atoms with Crippen LogP contribution in [0.3, 0.4) is 0 Å². The van der Waals surface area contributed by atoms with E-state index in [-0.39, 0.29) is 0 Å². The van der Waals surface area contributed by atoms with Crippen molar-refractivity contribution >= 4 is 23.2 Å². The molecule has 1 saturated heterocycles. The molecular formula is C22H22ClF2N5O2. The number of hydrogen-bond donors (Lipinski definition) is 1. The molecule has 0 radical (unpaired) electrons. The van der Waals surface area contributed by atoms with Gasteiger partial charge in [0.1, 0.15) is 17.3 Å². The lowest BCUT2D eigenvalue weighted by atomic mass is 10.2. The Morgan fingerprint density at radius 2 is 1.78 bits per heavy atom. The van der Waals surface area contributed by atoms with E-state index in [1.54, 1.807) is 19.1 Å². The molecule has 3 aromatic rings. The van der Waals surface area contributed by atoms with Crippen LogP contribution in [0.2, 0.25) is 5.02 Å². The summed E-state index contributed by atoms with van der Waals surface area (Å²) in [5.41, 5.74) is 0.399. The molecule has 1 amide bonds. The molecule has 1 fully saturated rings. The molecule has 2 aromatic carbocycles. The molecular weight excluding hydrogens is 440 g/mol. The maximum atomic E-state index is 13.8. The van der Waals surface area contributed by atoms with Crippen LogP contribution in [-0.4, -0.2) is 58.1 Å². The number of piperazine rings is 1. The third kappa shape index (κ3) is 5.12. The van der Waals surface area contributed by atoms with Gasteiger partial charge in [0.15, 0.2) is 0 Å². The highest BCUT2D eigenvalue weighted by Gasteiger charge is 2.27. The molecule has 1 unspecified atom stereocenters. The van der Waals surface area contributed by atoms with Gasteiger partial charge in [-0.05, 0) is 43.3 Å². The zero-order chi connectivity index (χ0) is 22.7. The van der Waals surface area contributed by atoms with E-state index < -0.39 is 29.3 Å². The fourth-order valence-electron chi connectivity index (χ4n) is 3.55. The van der Waals surface area contributed by atoms with E-state index >= 15 is 0 Å². The molecule has 1 aromatic heterocycles. The summed E-state index contributed by atoms with van der Waals surface area (Å²) in [5.74, 6) is -1.04. The van der Waals surface area contributed by atoms with E-state index in [9.17, 15) is 13.6 Å². The first kappa shape index (κ1) is 22.3. The molecule has 0 bridgehead atoms. The molecule has 10 heteroatoms. The van der Waals surface area contributed by atoms with Crippen molar-refractivity contribution in [3.05, 3.63) is 65.0 Å². The van der Waals surface area contributed by atoms with Gasteiger partial charge in [0.2, 0.25) is 17.6 Å². The fourth-order valence-corrected chi connectivity index (χ4v) is 3.67. The first-order valence-corrected chi connectivity index (χ1v) is 10.6. The number of rotatable bonds is 6. The second-order valence-corrected chi connectivity index (χ2v) is 8.03. The molecule has 1 atom stereocenters. The topological polar surface area (TPSA) is 74.5 Å². The van der Waals surface area contributed by atoms with Gasteiger partial charge in [0, 0.05) is 36.8 Å². The highest BCUT2D eigenvalue weighted by molar-refractivity contribution is 6.30. The molecule has 0 spiro atoms. The highest BCUT2D eigenvalue weighted by atomic mass is 35.5. The standard InChI is InChI=1S/C22H22ClF2N5O2/c1-14(22(31)27-20-17(24)3-2-4-18(20)25)30-11-9-29(10-12-30)13-19-26-21(28-32-19)15-5-7-16(23)8-6-15/h2-8,14H,9-13H2,1H3,(H,27,31). The molecule has 7 nitrogen and oxygen atoms in total. The third-order valence-corrected chi connectivity index (χ3v) is 5.73. The minimum Gasteiger partial charge on any atom is -0.338 e. The SMILES string of the molecule is CC(C(=O)Nc1c(F)cccc1F)N1CCN(Cc2nc(-c3ccc(Cl)cc3)no2)CC1. The lowest BCUT2D eigenvalue weighted by Gasteiger charge is -2.36. The van der Waals surface area contributed by atoms with Crippen LogP contribution in [-0.2, 0) is 11.3 Å². The summed E-state index contributed by atoms with van der Waals surface area (Å²) < 4.78 is 33.0. The van der Waals surface area contributed by atoms with E-state index in [1.807, 2.05) is 17.0 Å². The first-order chi connectivity index (χ1) is 15.4. The lowest BCUT2D eigenvalue weighted by molar-refractivity contribution is -0.121. The number of nitrogens with one attached hydrogen (secondary N) is 1. The normalized spacial score (nSPS) is 16.1. The van der Waals surface area contributed by atoms with Gasteiger partial charge in [-0.25, -0.2) is 8.78 Å². The van der Waals surface area contributed by atoms with Gasteiger partial charge in [-0.2, -0.15) is 4.98 Å². The summed E-state index contributed by atoms with van der Waals surface area (Å²) in [6.45, 7) is 4.82. The Kier molecular flexibility index (Phi) is 6.78. The van der Waals surface area contributed by atoms with E-state index in [2.05, 4.69) is 20.4 Å². The minimum atomic E-state index is -0.798. The number of carbonyl (C=O) groups excluding carboxylic acids is 1. The first-order valence-electron chi connectivity index (χ1n) is 10.2. The van der Waals surface area contributed by atoms with Crippen LogP contribution in [0, 0.1) is 11.6 Å². The predicted octanol–water partition coefficient (Wildman–Crippen LogP) is 3.81. The largest absolute Gasteiger partial charge is 0.338 e. The molecule has 1 aliphatic heterocycles. The summed E-state index contributed by atoms with van der Waals surface area (Å²) in [5, 5.41) is 7.02. The predicted molar refractivity (Wildman–Crippen MR) is 116 cm³/mol. The second-order valence-electron chi connectivity index (χ2n) is 7.59. The highest BCUT2D eigenvalue weighted by Crippen LogP contribution is 2.21. The Morgan fingerprint density at radius 1 is 1.12 bits per heavy atom. The molecule has 4 rings (SSSR count). The van der Waals surface area contributed by atoms with Gasteiger partial charge in [-0.3, -0.25) is 14.6 Å². The zero-order valence-corrected chi connectivity index (χ0v) is 18.1. The summed E-state index contributed by atoms with van der Waals surface area (Å²) >= 11 is 5.91. The van der Waals surface area contributed by atoms with Crippen molar-refractivity contribution in [2.45, 2.75) is 19.5 Å². The number of benzene rings is 2. The van der Waals surface area contributed by atoms with Crippen LogP contribution in [0.4, 0.5) is 14.5 Å². The van der Waals surface area contributed by atoms with Gasteiger partial charge < -0.3 is 9.84 Å². The number of aromatic nitrogens is 2. The fraction of sp³-hybridized carbons (Fsp3) is 0.318. The number of hydrogen-bond acceptors (Lipinski definition) is 6. The van der Waals surface area contributed by atoms with E-state index in [0.717, 1.165) is 17.7 Å². The van der Waals surface area contributed by atoms with Crippen molar-refractivity contribution in [1.82, 2.24) is 19.9 Å². The van der Waals surface area contributed by atoms with Gasteiger partial charge in [0.25, 0.3) is 0 Å². The van der Waals surface area contributed by atoms with Crippen molar-refractivity contribution in [1.29, 1.82) is 0 Å². The van der Waals surface area contributed by atoms with Crippen molar-refractivity contribution in [3.8, 4) is 11.4 Å². The number of nitrogens with zero attached hydrogens (tertiary/aromatic N) is 4. The van der Waals surface area contributed by atoms with Gasteiger partial charge in [0.05, 0.1) is 12.6 Å². The monoisotopic (exact) mass is 461 g/mol. The number of amides is 1. The average Bonchev–Trinajstić information content (AvgIpc) is 3.25. The Labute approximate surface area is 189 Å². The van der Waals surface area contributed by atoms with Gasteiger partial charge >= 0.3 is 0 Å². The third-order valence-electron chi connectivity index (χ3n) is 5.47. The quantitative estimate of drug-likeness (QED) is 0.601. The molecule has 168 valence electrons. The molecule has 0 aliphatic carbocycles. The number of halogens is 3. The van der Waals surface area contributed by atoms with Crippen LogP contribution in [0.1, 0.15) is 12.8 Å². The molecule has 2 heterocycles. The Balaban J connectivity index is 1.29. The van der Waals surface area contributed by atoms with Gasteiger partial charge in [-0.15, -0.1) is 0 Å². The van der Waals surface area contributed by atoms with E-state index in [1.165, 1.54) is 6.07 Å². The molecule has 0 saturated carbocycles.